The number of hydrogen-bond acceptors (Lipinski definition) is 6. The van der Waals surface area contributed by atoms with Gasteiger partial charge in [0.05, 0.1) is 12.0 Å². The Morgan fingerprint density at radius 1 is 1.62 bits per heavy atom. The number of rotatable bonds is 3. The highest BCUT2D eigenvalue weighted by molar-refractivity contribution is 5.67. The molecule has 0 aliphatic carbocycles. The summed E-state index contributed by atoms with van der Waals surface area (Å²) in [5.74, 6) is 0.579. The molecular weight excluding hydrogens is 276 g/mol. The van der Waals surface area contributed by atoms with Crippen molar-refractivity contribution < 1.29 is 14.5 Å². The van der Waals surface area contributed by atoms with Crippen LogP contribution in [0.2, 0.25) is 0 Å². The van der Waals surface area contributed by atoms with Gasteiger partial charge in [0, 0.05) is 24.7 Å². The van der Waals surface area contributed by atoms with Crippen molar-refractivity contribution in [2.45, 2.75) is 25.8 Å². The zero-order valence-electron chi connectivity index (χ0n) is 12.0. The van der Waals surface area contributed by atoms with Crippen LogP contribution in [0.15, 0.2) is 12.3 Å². The highest BCUT2D eigenvalue weighted by atomic mass is 16.6. The summed E-state index contributed by atoms with van der Waals surface area (Å²) in [5.41, 5.74) is 0.554. The van der Waals surface area contributed by atoms with Crippen molar-refractivity contribution in [3.05, 3.63) is 27.9 Å². The number of carbonyl (C=O) groups is 1. The summed E-state index contributed by atoms with van der Waals surface area (Å²) < 4.78 is 4.72. The molecule has 1 aromatic rings. The van der Waals surface area contributed by atoms with Gasteiger partial charge in [0.2, 0.25) is 0 Å². The van der Waals surface area contributed by atoms with Gasteiger partial charge in [-0.15, -0.1) is 0 Å². The van der Waals surface area contributed by atoms with Crippen LogP contribution in [-0.2, 0) is 4.74 Å². The molecule has 2 rings (SSSR count). The molecular formula is C13H18N4O4. The standard InChI is InChI=1S/C13H18N4O4/c1-9-6-12(14-7-11(9)17(19)20)15-10-4-3-5-16(8-10)13(18)21-2/h6-7,10H,3-5,8H2,1-2H3,(H,14,15). The molecule has 0 saturated carbocycles. The Kier molecular flexibility index (Phi) is 4.56. The fraction of sp³-hybridized carbons (Fsp3) is 0.538. The van der Waals surface area contributed by atoms with Gasteiger partial charge in [0.1, 0.15) is 12.0 Å². The van der Waals surface area contributed by atoms with Gasteiger partial charge in [0.25, 0.3) is 5.69 Å². The highest BCUT2D eigenvalue weighted by Gasteiger charge is 2.24. The van der Waals surface area contributed by atoms with Crippen molar-refractivity contribution in [2.75, 3.05) is 25.5 Å². The topological polar surface area (TPSA) is 97.6 Å². The normalized spacial score (nSPS) is 18.2. The van der Waals surface area contributed by atoms with E-state index in [1.54, 1.807) is 17.9 Å². The first-order valence-corrected chi connectivity index (χ1v) is 6.71. The number of nitro groups is 1. The second kappa shape index (κ2) is 6.38. The molecule has 1 unspecified atom stereocenters. The monoisotopic (exact) mass is 294 g/mol. The lowest BCUT2D eigenvalue weighted by atomic mass is 10.1. The van der Waals surface area contributed by atoms with Crippen LogP contribution in [0.25, 0.3) is 0 Å². The van der Waals surface area contributed by atoms with Crippen LogP contribution in [-0.4, -0.2) is 47.1 Å². The molecule has 0 aromatic carbocycles. The van der Waals surface area contributed by atoms with Crippen molar-refractivity contribution in [3.63, 3.8) is 0 Å². The number of methoxy groups -OCH3 is 1. The first kappa shape index (κ1) is 15.0. The molecule has 1 aromatic heterocycles. The zero-order chi connectivity index (χ0) is 15.4. The van der Waals surface area contributed by atoms with Crippen LogP contribution in [0.5, 0.6) is 0 Å². The van der Waals surface area contributed by atoms with Crippen molar-refractivity contribution >= 4 is 17.6 Å². The number of nitrogens with zero attached hydrogens (tertiary/aromatic N) is 3. The third-order valence-electron chi connectivity index (χ3n) is 3.49. The Labute approximate surface area is 122 Å². The number of piperidine rings is 1. The summed E-state index contributed by atoms with van der Waals surface area (Å²) >= 11 is 0. The zero-order valence-corrected chi connectivity index (χ0v) is 12.0. The lowest BCUT2D eigenvalue weighted by Crippen LogP contribution is -2.45. The Morgan fingerprint density at radius 3 is 3.00 bits per heavy atom. The van der Waals surface area contributed by atoms with Gasteiger partial charge in [-0.1, -0.05) is 0 Å². The van der Waals surface area contributed by atoms with E-state index in [0.29, 0.717) is 24.5 Å². The fourth-order valence-electron chi connectivity index (χ4n) is 2.42. The van der Waals surface area contributed by atoms with Crippen LogP contribution in [0.3, 0.4) is 0 Å². The Balaban J connectivity index is 2.03. The number of hydrogen-bond donors (Lipinski definition) is 1. The van der Waals surface area contributed by atoms with Crippen molar-refractivity contribution in [2.24, 2.45) is 0 Å². The lowest BCUT2D eigenvalue weighted by Gasteiger charge is -2.32. The quantitative estimate of drug-likeness (QED) is 0.675. The minimum Gasteiger partial charge on any atom is -0.453 e. The first-order valence-electron chi connectivity index (χ1n) is 6.71. The SMILES string of the molecule is COC(=O)N1CCCC(Nc2cc(C)c([N+](=O)[O-])cn2)C1. The summed E-state index contributed by atoms with van der Waals surface area (Å²) in [6.45, 7) is 2.88. The van der Waals surface area contributed by atoms with Crippen LogP contribution < -0.4 is 5.32 Å². The molecule has 114 valence electrons. The van der Waals surface area contributed by atoms with E-state index < -0.39 is 4.92 Å². The van der Waals surface area contributed by atoms with Crippen LogP contribution in [0, 0.1) is 17.0 Å². The number of anilines is 1. The number of ether oxygens (including phenoxy) is 1. The molecule has 1 N–H and O–H groups in total. The molecule has 21 heavy (non-hydrogen) atoms. The first-order chi connectivity index (χ1) is 10.0. The average Bonchev–Trinajstić information content (AvgIpc) is 2.46. The lowest BCUT2D eigenvalue weighted by molar-refractivity contribution is -0.385. The van der Waals surface area contributed by atoms with Gasteiger partial charge in [-0.05, 0) is 25.8 Å². The minimum atomic E-state index is -0.453. The summed E-state index contributed by atoms with van der Waals surface area (Å²) in [5, 5.41) is 14.0. The highest BCUT2D eigenvalue weighted by Crippen LogP contribution is 2.21. The molecule has 0 radical (unpaired) electrons. The predicted molar refractivity (Wildman–Crippen MR) is 76.3 cm³/mol. The van der Waals surface area contributed by atoms with Gasteiger partial charge in [0.15, 0.2) is 0 Å². The molecule has 0 spiro atoms. The Morgan fingerprint density at radius 2 is 2.38 bits per heavy atom. The van der Waals surface area contributed by atoms with Crippen molar-refractivity contribution in [3.8, 4) is 0 Å². The third kappa shape index (κ3) is 3.59. The van der Waals surface area contributed by atoms with Gasteiger partial charge in [-0.25, -0.2) is 9.78 Å². The van der Waals surface area contributed by atoms with E-state index in [1.807, 2.05) is 0 Å². The molecule has 1 aliphatic rings. The second-order valence-electron chi connectivity index (χ2n) is 5.01. The van der Waals surface area contributed by atoms with E-state index in [2.05, 4.69) is 10.3 Å². The average molecular weight is 294 g/mol. The number of amides is 1. The molecule has 1 saturated heterocycles. The van der Waals surface area contributed by atoms with E-state index in [4.69, 9.17) is 4.74 Å². The molecule has 8 heteroatoms. The van der Waals surface area contributed by atoms with Crippen molar-refractivity contribution in [1.29, 1.82) is 0 Å². The number of aryl methyl sites for hydroxylation is 1. The Hall–Kier alpha value is -2.38. The molecule has 8 nitrogen and oxygen atoms in total. The molecule has 1 atom stereocenters. The smallest absolute Gasteiger partial charge is 0.409 e. The fourth-order valence-corrected chi connectivity index (χ4v) is 2.42. The molecule has 1 aliphatic heterocycles. The summed E-state index contributed by atoms with van der Waals surface area (Å²) in [6, 6.07) is 1.71. The van der Waals surface area contributed by atoms with Gasteiger partial charge in [-0.3, -0.25) is 10.1 Å². The summed E-state index contributed by atoms with van der Waals surface area (Å²) in [4.78, 5) is 27.5. The minimum absolute atomic E-state index is 0.000353. The second-order valence-corrected chi connectivity index (χ2v) is 5.01. The largest absolute Gasteiger partial charge is 0.453 e. The van der Waals surface area contributed by atoms with E-state index in [0.717, 1.165) is 12.8 Å². The van der Waals surface area contributed by atoms with Crippen molar-refractivity contribution in [1.82, 2.24) is 9.88 Å². The predicted octanol–water partition coefficient (Wildman–Crippen LogP) is 1.94. The molecule has 2 heterocycles. The maximum absolute atomic E-state index is 11.5. The summed E-state index contributed by atoms with van der Waals surface area (Å²) in [7, 11) is 1.36. The Bertz CT molecular complexity index is 549. The number of aromatic nitrogens is 1. The van der Waals surface area contributed by atoms with E-state index in [1.165, 1.54) is 13.3 Å². The molecule has 0 bridgehead atoms. The molecule has 1 amide bonds. The van der Waals surface area contributed by atoms with E-state index >= 15 is 0 Å². The number of likely N-dealkylation sites (tertiary alicyclic amines) is 1. The van der Waals surface area contributed by atoms with Gasteiger partial charge >= 0.3 is 6.09 Å². The number of carbonyl (C=O) groups excluding carboxylic acids is 1. The number of nitrogens with one attached hydrogen (secondary N) is 1. The van der Waals surface area contributed by atoms with Gasteiger partial charge < -0.3 is 15.0 Å². The van der Waals surface area contributed by atoms with Crippen LogP contribution >= 0.6 is 0 Å². The summed E-state index contributed by atoms with van der Waals surface area (Å²) in [6.07, 6.45) is 2.69. The molecule has 1 fully saturated rings. The van der Waals surface area contributed by atoms with E-state index in [-0.39, 0.29) is 17.8 Å². The van der Waals surface area contributed by atoms with E-state index in [9.17, 15) is 14.9 Å². The maximum Gasteiger partial charge on any atom is 0.409 e. The number of pyridine rings is 1. The van der Waals surface area contributed by atoms with Crippen LogP contribution in [0.4, 0.5) is 16.3 Å². The van der Waals surface area contributed by atoms with Gasteiger partial charge in [-0.2, -0.15) is 0 Å². The maximum atomic E-state index is 11.5. The van der Waals surface area contributed by atoms with Crippen LogP contribution in [0.1, 0.15) is 18.4 Å². The third-order valence-corrected chi connectivity index (χ3v) is 3.49.